The minimum atomic E-state index is -0.424. The van der Waals surface area contributed by atoms with Gasteiger partial charge in [-0.05, 0) is 33.7 Å². The van der Waals surface area contributed by atoms with Crippen LogP contribution in [0.3, 0.4) is 0 Å². The van der Waals surface area contributed by atoms with Gasteiger partial charge in [-0.2, -0.15) is 5.10 Å². The Bertz CT molecular complexity index is 1100. The quantitative estimate of drug-likeness (QED) is 0.235. The van der Waals surface area contributed by atoms with Gasteiger partial charge in [0.25, 0.3) is 5.69 Å². The highest BCUT2D eigenvalue weighted by atomic mass is 16.6. The van der Waals surface area contributed by atoms with E-state index in [1.54, 1.807) is 18.3 Å². The number of nitrogens with zero attached hydrogens (tertiary/aromatic N) is 2. The molecule has 126 valence electrons. The zero-order chi connectivity index (χ0) is 17.9. The second kappa shape index (κ2) is 6.64. The van der Waals surface area contributed by atoms with Gasteiger partial charge in [0.2, 0.25) is 0 Å². The average Bonchev–Trinajstić information content (AvgIpc) is 2.67. The summed E-state index contributed by atoms with van der Waals surface area (Å²) in [7, 11) is 0. The van der Waals surface area contributed by atoms with Gasteiger partial charge in [0.05, 0.1) is 16.8 Å². The summed E-state index contributed by atoms with van der Waals surface area (Å²) in [4.78, 5) is 10.5. The third kappa shape index (κ3) is 2.98. The molecule has 26 heavy (non-hydrogen) atoms. The van der Waals surface area contributed by atoms with Gasteiger partial charge in [0.15, 0.2) is 0 Å². The number of nitro benzene ring substituents is 1. The first-order valence-corrected chi connectivity index (χ1v) is 8.16. The molecule has 5 heteroatoms. The summed E-state index contributed by atoms with van der Waals surface area (Å²) in [5.41, 5.74) is 4.49. The maximum Gasteiger partial charge on any atom is 0.271 e. The molecule has 0 bridgehead atoms. The molecular formula is C21H15N3O2. The number of benzene rings is 4. The van der Waals surface area contributed by atoms with Gasteiger partial charge in [0.1, 0.15) is 0 Å². The Hall–Kier alpha value is -3.73. The van der Waals surface area contributed by atoms with Crippen LogP contribution in [-0.2, 0) is 0 Å². The predicted octanol–water partition coefficient (Wildman–Crippen LogP) is 5.35. The lowest BCUT2D eigenvalue weighted by atomic mass is 9.97. The highest BCUT2D eigenvalue weighted by molar-refractivity contribution is 6.13. The number of nitro groups is 1. The highest BCUT2D eigenvalue weighted by Gasteiger charge is 2.06. The van der Waals surface area contributed by atoms with Crippen LogP contribution < -0.4 is 5.43 Å². The lowest BCUT2D eigenvalue weighted by molar-refractivity contribution is -0.384. The average molecular weight is 341 g/mol. The molecular weight excluding hydrogens is 326 g/mol. The van der Waals surface area contributed by atoms with Crippen LogP contribution in [0.1, 0.15) is 5.56 Å². The van der Waals surface area contributed by atoms with Crippen molar-refractivity contribution in [1.29, 1.82) is 0 Å². The van der Waals surface area contributed by atoms with Crippen molar-refractivity contribution in [1.82, 2.24) is 0 Å². The van der Waals surface area contributed by atoms with Gasteiger partial charge in [0, 0.05) is 17.7 Å². The Morgan fingerprint density at radius 3 is 2.15 bits per heavy atom. The molecule has 0 aliphatic heterocycles. The number of hydrogen-bond donors (Lipinski definition) is 1. The zero-order valence-corrected chi connectivity index (χ0v) is 13.8. The fourth-order valence-electron chi connectivity index (χ4n) is 3.05. The van der Waals surface area contributed by atoms with Crippen LogP contribution in [0.25, 0.3) is 21.5 Å². The van der Waals surface area contributed by atoms with Gasteiger partial charge in [-0.25, -0.2) is 0 Å². The van der Waals surface area contributed by atoms with Crippen LogP contribution >= 0.6 is 0 Å². The van der Waals surface area contributed by atoms with Crippen LogP contribution in [0.15, 0.2) is 84.0 Å². The predicted molar refractivity (Wildman–Crippen MR) is 106 cm³/mol. The van der Waals surface area contributed by atoms with E-state index in [-0.39, 0.29) is 5.69 Å². The van der Waals surface area contributed by atoms with E-state index < -0.39 is 4.92 Å². The topological polar surface area (TPSA) is 67.5 Å². The molecule has 0 amide bonds. The molecule has 0 fully saturated rings. The standard InChI is InChI=1S/C21H15N3O2/c25-24(26)18-9-5-8-17(13-18)23-22-14-21-19-10-3-1-6-15(19)12-16-7-2-4-11-20(16)21/h1-14,23H. The number of non-ortho nitro benzene ring substituents is 1. The molecule has 5 nitrogen and oxygen atoms in total. The molecule has 4 aromatic rings. The molecule has 0 unspecified atom stereocenters. The third-order valence-corrected chi connectivity index (χ3v) is 4.26. The molecule has 0 spiro atoms. The molecule has 0 aliphatic rings. The SMILES string of the molecule is O=[N+]([O-])c1cccc(NN=Cc2c3ccccc3cc3ccccc23)c1. The normalized spacial score (nSPS) is 11.2. The maximum absolute atomic E-state index is 10.9. The monoisotopic (exact) mass is 341 g/mol. The van der Waals surface area contributed by atoms with Crippen molar-refractivity contribution in [2.24, 2.45) is 5.10 Å². The van der Waals surface area contributed by atoms with E-state index in [1.807, 2.05) is 24.3 Å². The van der Waals surface area contributed by atoms with E-state index in [0.29, 0.717) is 5.69 Å². The first-order valence-electron chi connectivity index (χ1n) is 8.16. The molecule has 0 heterocycles. The van der Waals surface area contributed by atoms with Crippen molar-refractivity contribution in [2.75, 3.05) is 5.43 Å². The number of nitrogens with one attached hydrogen (secondary N) is 1. The minimum Gasteiger partial charge on any atom is -0.278 e. The Kier molecular flexibility index (Phi) is 4.03. The Balaban J connectivity index is 1.75. The Labute approximate surface area is 149 Å². The lowest BCUT2D eigenvalue weighted by Gasteiger charge is -2.08. The summed E-state index contributed by atoms with van der Waals surface area (Å²) in [6.45, 7) is 0. The molecule has 4 rings (SSSR count). The van der Waals surface area contributed by atoms with Crippen LogP contribution in [0.2, 0.25) is 0 Å². The summed E-state index contributed by atoms with van der Waals surface area (Å²) >= 11 is 0. The molecule has 0 aliphatic carbocycles. The maximum atomic E-state index is 10.9. The second-order valence-electron chi connectivity index (χ2n) is 5.91. The van der Waals surface area contributed by atoms with Crippen molar-refractivity contribution < 1.29 is 4.92 Å². The highest BCUT2D eigenvalue weighted by Crippen LogP contribution is 2.27. The van der Waals surface area contributed by atoms with Crippen molar-refractivity contribution in [3.8, 4) is 0 Å². The van der Waals surface area contributed by atoms with E-state index >= 15 is 0 Å². The molecule has 0 saturated heterocycles. The third-order valence-electron chi connectivity index (χ3n) is 4.26. The number of rotatable bonds is 4. The van der Waals surface area contributed by atoms with Crippen molar-refractivity contribution >= 4 is 39.1 Å². The molecule has 1 N–H and O–H groups in total. The largest absolute Gasteiger partial charge is 0.278 e. The molecule has 0 atom stereocenters. The van der Waals surface area contributed by atoms with E-state index in [2.05, 4.69) is 40.9 Å². The minimum absolute atomic E-state index is 0.0285. The second-order valence-corrected chi connectivity index (χ2v) is 5.91. The summed E-state index contributed by atoms with van der Waals surface area (Å²) in [5.74, 6) is 0. The van der Waals surface area contributed by atoms with Gasteiger partial charge in [-0.1, -0.05) is 54.6 Å². The molecule has 0 saturated carbocycles. The Morgan fingerprint density at radius 2 is 1.50 bits per heavy atom. The molecule has 0 radical (unpaired) electrons. The number of hydrazone groups is 1. The number of hydrogen-bond acceptors (Lipinski definition) is 4. The van der Waals surface area contributed by atoms with Crippen LogP contribution in [0.4, 0.5) is 11.4 Å². The van der Waals surface area contributed by atoms with E-state index in [4.69, 9.17) is 0 Å². The molecule has 4 aromatic carbocycles. The van der Waals surface area contributed by atoms with E-state index in [1.165, 1.54) is 12.1 Å². The Morgan fingerprint density at radius 1 is 0.846 bits per heavy atom. The fourth-order valence-corrected chi connectivity index (χ4v) is 3.05. The van der Waals surface area contributed by atoms with Crippen molar-refractivity contribution in [2.45, 2.75) is 0 Å². The van der Waals surface area contributed by atoms with Crippen molar-refractivity contribution in [3.05, 3.63) is 94.5 Å². The van der Waals surface area contributed by atoms with Gasteiger partial charge >= 0.3 is 0 Å². The first-order chi connectivity index (χ1) is 12.7. The number of anilines is 1. The lowest BCUT2D eigenvalue weighted by Crippen LogP contribution is -1.94. The summed E-state index contributed by atoms with van der Waals surface area (Å²) in [5, 5.41) is 19.7. The van der Waals surface area contributed by atoms with Crippen LogP contribution in [0.5, 0.6) is 0 Å². The van der Waals surface area contributed by atoms with Gasteiger partial charge in [-0.3, -0.25) is 15.5 Å². The fraction of sp³-hybridized carbons (Fsp3) is 0. The molecule has 0 aromatic heterocycles. The van der Waals surface area contributed by atoms with Gasteiger partial charge < -0.3 is 0 Å². The van der Waals surface area contributed by atoms with Crippen molar-refractivity contribution in [3.63, 3.8) is 0 Å². The van der Waals surface area contributed by atoms with Crippen LogP contribution in [-0.4, -0.2) is 11.1 Å². The van der Waals surface area contributed by atoms with E-state index in [9.17, 15) is 10.1 Å². The summed E-state index contributed by atoms with van der Waals surface area (Å²) < 4.78 is 0. The summed E-state index contributed by atoms with van der Waals surface area (Å²) in [6.07, 6.45) is 1.77. The first kappa shape index (κ1) is 15.8. The van der Waals surface area contributed by atoms with Crippen LogP contribution in [0, 0.1) is 10.1 Å². The summed E-state index contributed by atoms with van der Waals surface area (Å²) in [6, 6.07) is 24.8. The zero-order valence-electron chi connectivity index (χ0n) is 13.8. The smallest absolute Gasteiger partial charge is 0.271 e. The number of fused-ring (bicyclic) bond motifs is 2. The van der Waals surface area contributed by atoms with E-state index in [0.717, 1.165) is 27.1 Å². The van der Waals surface area contributed by atoms with Gasteiger partial charge in [-0.15, -0.1) is 0 Å².